The zero-order chi connectivity index (χ0) is 20.4. The zero-order valence-corrected chi connectivity index (χ0v) is 17.2. The topological polar surface area (TPSA) is 84.5 Å². The van der Waals surface area contributed by atoms with Crippen LogP contribution in [0.4, 0.5) is 11.4 Å². The normalized spacial score (nSPS) is 16.6. The van der Waals surface area contributed by atoms with Crippen molar-refractivity contribution in [3.63, 3.8) is 0 Å². The minimum Gasteiger partial charge on any atom is -0.449 e. The van der Waals surface area contributed by atoms with Crippen molar-refractivity contribution >= 4 is 64.1 Å². The Hall–Kier alpha value is -2.22. The van der Waals surface area contributed by atoms with Gasteiger partial charge >= 0.3 is 5.97 Å². The van der Waals surface area contributed by atoms with Crippen LogP contribution in [-0.2, 0) is 14.3 Å². The molecule has 0 saturated heterocycles. The molecular formula is C19H16Cl2N2O4S. The van der Waals surface area contributed by atoms with Crippen molar-refractivity contribution in [2.75, 3.05) is 10.6 Å². The Balaban J connectivity index is 1.66. The highest BCUT2D eigenvalue weighted by Crippen LogP contribution is 2.36. The third kappa shape index (κ3) is 4.79. The SMILES string of the molecule is CC(OC(=O)c1ccc2c(c1)NC(=O)C(C)S2)C(=O)Nc1cc(Cl)cc(Cl)c1. The first kappa shape index (κ1) is 20.5. The fourth-order valence-corrected chi connectivity index (χ4v) is 3.94. The quantitative estimate of drug-likeness (QED) is 0.680. The largest absolute Gasteiger partial charge is 0.449 e. The van der Waals surface area contributed by atoms with Gasteiger partial charge in [-0.3, -0.25) is 9.59 Å². The summed E-state index contributed by atoms with van der Waals surface area (Å²) in [6.07, 6.45) is -1.05. The van der Waals surface area contributed by atoms with Crippen LogP contribution in [0.15, 0.2) is 41.3 Å². The molecule has 0 spiro atoms. The molecule has 2 aromatic carbocycles. The van der Waals surface area contributed by atoms with E-state index in [9.17, 15) is 14.4 Å². The predicted molar refractivity (Wildman–Crippen MR) is 110 cm³/mol. The lowest BCUT2D eigenvalue weighted by Crippen LogP contribution is -2.30. The van der Waals surface area contributed by atoms with Crippen molar-refractivity contribution in [1.82, 2.24) is 0 Å². The Labute approximate surface area is 175 Å². The number of thioether (sulfide) groups is 1. The molecule has 0 aliphatic carbocycles. The molecular weight excluding hydrogens is 423 g/mol. The second-order valence-corrected chi connectivity index (χ2v) is 8.41. The van der Waals surface area contributed by atoms with Crippen LogP contribution in [0.5, 0.6) is 0 Å². The summed E-state index contributed by atoms with van der Waals surface area (Å²) >= 11 is 13.2. The van der Waals surface area contributed by atoms with Crippen LogP contribution >= 0.6 is 35.0 Å². The highest BCUT2D eigenvalue weighted by atomic mass is 35.5. The van der Waals surface area contributed by atoms with Gasteiger partial charge in [-0.2, -0.15) is 0 Å². The monoisotopic (exact) mass is 438 g/mol. The van der Waals surface area contributed by atoms with Crippen LogP contribution in [0.3, 0.4) is 0 Å². The number of nitrogens with one attached hydrogen (secondary N) is 2. The van der Waals surface area contributed by atoms with Gasteiger partial charge in [-0.1, -0.05) is 23.2 Å². The maximum atomic E-state index is 12.4. The molecule has 1 aliphatic rings. The molecule has 0 bridgehead atoms. The number of anilines is 2. The average Bonchev–Trinajstić information content (AvgIpc) is 2.61. The van der Waals surface area contributed by atoms with E-state index in [1.54, 1.807) is 19.1 Å². The van der Waals surface area contributed by atoms with E-state index in [0.717, 1.165) is 4.90 Å². The van der Waals surface area contributed by atoms with Crippen LogP contribution in [0, 0.1) is 0 Å². The van der Waals surface area contributed by atoms with Crippen LogP contribution in [0.25, 0.3) is 0 Å². The molecule has 2 N–H and O–H groups in total. The molecule has 2 amide bonds. The number of carbonyl (C=O) groups excluding carboxylic acids is 3. The molecule has 146 valence electrons. The number of esters is 1. The average molecular weight is 439 g/mol. The second-order valence-electron chi connectivity index (χ2n) is 6.16. The lowest BCUT2D eigenvalue weighted by atomic mass is 10.2. The fraction of sp³-hybridized carbons (Fsp3) is 0.211. The summed E-state index contributed by atoms with van der Waals surface area (Å²) in [5.41, 5.74) is 1.18. The van der Waals surface area contributed by atoms with Gasteiger partial charge in [0.15, 0.2) is 6.10 Å². The number of amides is 2. The first-order valence-corrected chi connectivity index (χ1v) is 9.96. The molecule has 1 aliphatic heterocycles. The van der Waals surface area contributed by atoms with Crippen molar-refractivity contribution < 1.29 is 19.1 Å². The van der Waals surface area contributed by atoms with Crippen LogP contribution in [0.1, 0.15) is 24.2 Å². The number of benzene rings is 2. The van der Waals surface area contributed by atoms with Gasteiger partial charge in [0.1, 0.15) is 0 Å². The van der Waals surface area contributed by atoms with Gasteiger partial charge in [-0.25, -0.2) is 4.79 Å². The molecule has 6 nitrogen and oxygen atoms in total. The van der Waals surface area contributed by atoms with E-state index in [1.807, 2.05) is 0 Å². The maximum Gasteiger partial charge on any atom is 0.338 e. The molecule has 3 rings (SSSR count). The van der Waals surface area contributed by atoms with Gasteiger partial charge in [-0.15, -0.1) is 11.8 Å². The molecule has 2 atom stereocenters. The van der Waals surface area contributed by atoms with Crippen LogP contribution in [-0.4, -0.2) is 29.1 Å². The highest BCUT2D eigenvalue weighted by Gasteiger charge is 2.25. The lowest BCUT2D eigenvalue weighted by molar-refractivity contribution is -0.123. The molecule has 2 aromatic rings. The number of fused-ring (bicyclic) bond motifs is 1. The van der Waals surface area contributed by atoms with Gasteiger partial charge < -0.3 is 15.4 Å². The van der Waals surface area contributed by atoms with Crippen molar-refractivity contribution in [2.45, 2.75) is 30.1 Å². The molecule has 2 unspecified atom stereocenters. The van der Waals surface area contributed by atoms with Gasteiger partial charge in [0, 0.05) is 20.6 Å². The molecule has 0 fully saturated rings. The second kappa shape index (κ2) is 8.43. The standard InChI is InChI=1S/C19H16Cl2N2O4S/c1-9(17(24)22-14-7-12(20)6-13(21)8-14)27-19(26)11-3-4-16-15(5-11)23-18(25)10(2)28-16/h3-10H,1-2H3,(H,22,24)(H,23,25). The highest BCUT2D eigenvalue weighted by molar-refractivity contribution is 8.00. The first-order chi connectivity index (χ1) is 13.2. The van der Waals surface area contributed by atoms with Gasteiger partial charge in [0.25, 0.3) is 5.91 Å². The Morgan fingerprint density at radius 3 is 2.54 bits per heavy atom. The number of hydrogen-bond acceptors (Lipinski definition) is 5. The number of rotatable bonds is 4. The zero-order valence-electron chi connectivity index (χ0n) is 14.9. The van der Waals surface area contributed by atoms with E-state index >= 15 is 0 Å². The Morgan fingerprint density at radius 2 is 1.86 bits per heavy atom. The minimum atomic E-state index is -1.05. The molecule has 0 aromatic heterocycles. The molecule has 9 heteroatoms. The van der Waals surface area contributed by atoms with Gasteiger partial charge in [0.2, 0.25) is 5.91 Å². The summed E-state index contributed by atoms with van der Waals surface area (Å²) in [6.45, 7) is 3.26. The predicted octanol–water partition coefficient (Wildman–Crippen LogP) is 4.61. The van der Waals surface area contributed by atoms with E-state index in [-0.39, 0.29) is 16.7 Å². The Morgan fingerprint density at radius 1 is 1.18 bits per heavy atom. The van der Waals surface area contributed by atoms with Crippen LogP contribution < -0.4 is 10.6 Å². The van der Waals surface area contributed by atoms with Crippen molar-refractivity contribution in [1.29, 1.82) is 0 Å². The third-order valence-electron chi connectivity index (χ3n) is 3.93. The number of hydrogen-bond donors (Lipinski definition) is 2. The third-order valence-corrected chi connectivity index (χ3v) is 5.54. The summed E-state index contributed by atoms with van der Waals surface area (Å²) in [5.74, 6) is -1.33. The van der Waals surface area contributed by atoms with Gasteiger partial charge in [0.05, 0.1) is 16.5 Å². The number of ether oxygens (including phenoxy) is 1. The first-order valence-electron chi connectivity index (χ1n) is 8.32. The number of carbonyl (C=O) groups is 3. The molecule has 0 radical (unpaired) electrons. The number of halogens is 2. The summed E-state index contributed by atoms with van der Waals surface area (Å²) in [6, 6.07) is 9.48. The summed E-state index contributed by atoms with van der Waals surface area (Å²) < 4.78 is 5.23. The van der Waals surface area contributed by atoms with Crippen molar-refractivity contribution in [3.05, 3.63) is 52.0 Å². The molecule has 1 heterocycles. The van der Waals surface area contributed by atoms with E-state index in [1.165, 1.54) is 43.0 Å². The summed E-state index contributed by atoms with van der Waals surface area (Å²) in [5, 5.41) is 5.89. The Kier molecular flexibility index (Phi) is 6.17. The van der Waals surface area contributed by atoms with E-state index in [2.05, 4.69) is 10.6 Å². The summed E-state index contributed by atoms with van der Waals surface area (Å²) in [4.78, 5) is 37.3. The maximum absolute atomic E-state index is 12.4. The minimum absolute atomic E-state index is 0.129. The van der Waals surface area contributed by atoms with Gasteiger partial charge in [-0.05, 0) is 50.2 Å². The van der Waals surface area contributed by atoms with E-state index in [0.29, 0.717) is 21.4 Å². The van der Waals surface area contributed by atoms with Crippen molar-refractivity contribution in [3.8, 4) is 0 Å². The van der Waals surface area contributed by atoms with Crippen LogP contribution in [0.2, 0.25) is 10.0 Å². The molecule has 28 heavy (non-hydrogen) atoms. The summed E-state index contributed by atoms with van der Waals surface area (Å²) in [7, 11) is 0. The smallest absolute Gasteiger partial charge is 0.338 e. The van der Waals surface area contributed by atoms with Crippen molar-refractivity contribution in [2.24, 2.45) is 0 Å². The molecule has 0 saturated carbocycles. The lowest BCUT2D eigenvalue weighted by Gasteiger charge is -2.22. The fourth-order valence-electron chi connectivity index (χ4n) is 2.49. The van der Waals surface area contributed by atoms with E-state index < -0.39 is 18.0 Å². The Bertz CT molecular complexity index is 947. The van der Waals surface area contributed by atoms with E-state index in [4.69, 9.17) is 27.9 Å².